The molecular weight excluding hydrogens is 236 g/mol. The molecule has 3 nitrogen and oxygen atoms in total. The van der Waals surface area contributed by atoms with Crippen molar-refractivity contribution < 1.29 is 13.2 Å². The van der Waals surface area contributed by atoms with Crippen LogP contribution in [0.5, 0.6) is 0 Å². The van der Waals surface area contributed by atoms with E-state index < -0.39 is 9.84 Å². The van der Waals surface area contributed by atoms with Gasteiger partial charge in [-0.25, -0.2) is 8.42 Å². The van der Waals surface area contributed by atoms with Gasteiger partial charge in [0.15, 0.2) is 9.84 Å². The first-order valence-electron chi connectivity index (χ1n) is 5.96. The van der Waals surface area contributed by atoms with E-state index in [1.54, 1.807) is 0 Å². The average Bonchev–Trinajstić information content (AvgIpc) is 2.30. The summed E-state index contributed by atoms with van der Waals surface area (Å²) in [6.07, 6.45) is 1.49. The molecule has 0 N–H and O–H groups in total. The van der Waals surface area contributed by atoms with E-state index >= 15 is 0 Å². The Bertz CT molecular complexity index is 398. The van der Waals surface area contributed by atoms with Crippen LogP contribution in [-0.2, 0) is 21.0 Å². The Morgan fingerprint density at radius 1 is 1.12 bits per heavy atom. The fourth-order valence-electron chi connectivity index (χ4n) is 1.57. The second-order valence-electron chi connectivity index (χ2n) is 3.94. The van der Waals surface area contributed by atoms with Crippen LogP contribution in [-0.4, -0.2) is 33.1 Å². The smallest absolute Gasteiger partial charge is 0.152 e. The molecule has 1 aromatic carbocycles. The summed E-state index contributed by atoms with van der Waals surface area (Å²) in [5.41, 5.74) is 1.19. The lowest BCUT2D eigenvalue weighted by atomic mass is 10.1. The van der Waals surface area contributed by atoms with Crippen molar-refractivity contribution in [3.05, 3.63) is 35.9 Å². The van der Waals surface area contributed by atoms with Crippen molar-refractivity contribution in [3.8, 4) is 0 Å². The summed E-state index contributed by atoms with van der Waals surface area (Å²) in [6.45, 7) is 2.74. The van der Waals surface area contributed by atoms with Gasteiger partial charge in [-0.05, 0) is 25.3 Å². The second-order valence-corrected chi connectivity index (χ2v) is 6.24. The minimum Gasteiger partial charge on any atom is -0.381 e. The predicted octanol–water partition coefficient (Wildman–Crippen LogP) is 2.07. The van der Waals surface area contributed by atoms with Gasteiger partial charge in [0.1, 0.15) is 0 Å². The van der Waals surface area contributed by atoms with Gasteiger partial charge >= 0.3 is 0 Å². The first-order chi connectivity index (χ1) is 8.14. The Kier molecular flexibility index (Phi) is 6.22. The van der Waals surface area contributed by atoms with Crippen molar-refractivity contribution in [2.45, 2.75) is 19.8 Å². The largest absolute Gasteiger partial charge is 0.381 e. The molecule has 0 amide bonds. The zero-order valence-corrected chi connectivity index (χ0v) is 11.1. The summed E-state index contributed by atoms with van der Waals surface area (Å²) < 4.78 is 28.3. The van der Waals surface area contributed by atoms with E-state index in [4.69, 9.17) is 4.74 Å². The molecule has 1 aromatic rings. The third-order valence-corrected chi connectivity index (χ3v) is 4.21. The lowest BCUT2D eigenvalue weighted by Gasteiger charge is -2.04. The van der Waals surface area contributed by atoms with Gasteiger partial charge in [0.05, 0.1) is 18.1 Å². The Hall–Kier alpha value is -0.870. The number of aryl methyl sites for hydroxylation is 1. The van der Waals surface area contributed by atoms with Crippen LogP contribution >= 0.6 is 0 Å². The molecule has 0 radical (unpaired) electrons. The minimum atomic E-state index is -2.95. The van der Waals surface area contributed by atoms with Crippen LogP contribution in [0.15, 0.2) is 30.3 Å². The minimum absolute atomic E-state index is 0.135. The third kappa shape index (κ3) is 6.44. The van der Waals surface area contributed by atoms with Crippen molar-refractivity contribution in [2.75, 3.05) is 24.7 Å². The van der Waals surface area contributed by atoms with Crippen LogP contribution in [0.3, 0.4) is 0 Å². The lowest BCUT2D eigenvalue weighted by molar-refractivity contribution is 0.163. The normalized spacial score (nSPS) is 11.6. The molecule has 0 heterocycles. The molecule has 0 aliphatic carbocycles. The fraction of sp³-hybridized carbons (Fsp3) is 0.538. The fourth-order valence-corrected chi connectivity index (χ4v) is 2.73. The average molecular weight is 256 g/mol. The molecule has 17 heavy (non-hydrogen) atoms. The molecule has 1 rings (SSSR count). The molecule has 0 atom stereocenters. The maximum atomic E-state index is 11.6. The second kappa shape index (κ2) is 7.45. The quantitative estimate of drug-likeness (QED) is 0.669. The summed E-state index contributed by atoms with van der Waals surface area (Å²) >= 11 is 0. The van der Waals surface area contributed by atoms with Gasteiger partial charge in [-0.1, -0.05) is 30.3 Å². The molecule has 0 saturated heterocycles. The Labute approximate surface area is 104 Å². The summed E-state index contributed by atoms with van der Waals surface area (Å²) in [6, 6.07) is 9.94. The summed E-state index contributed by atoms with van der Waals surface area (Å²) in [5, 5.41) is 0. The summed E-state index contributed by atoms with van der Waals surface area (Å²) in [5.74, 6) is 0.380. The number of benzene rings is 1. The van der Waals surface area contributed by atoms with Crippen molar-refractivity contribution >= 4 is 9.84 Å². The highest BCUT2D eigenvalue weighted by atomic mass is 32.2. The molecule has 0 aromatic heterocycles. The number of hydrogen-bond donors (Lipinski definition) is 0. The highest BCUT2D eigenvalue weighted by Gasteiger charge is 2.10. The maximum absolute atomic E-state index is 11.6. The van der Waals surface area contributed by atoms with E-state index in [9.17, 15) is 8.42 Å². The van der Waals surface area contributed by atoms with Gasteiger partial charge in [-0.2, -0.15) is 0 Å². The van der Waals surface area contributed by atoms with Gasteiger partial charge < -0.3 is 4.74 Å². The summed E-state index contributed by atoms with van der Waals surface area (Å²) in [4.78, 5) is 0. The number of sulfone groups is 1. The Morgan fingerprint density at radius 2 is 1.82 bits per heavy atom. The van der Waals surface area contributed by atoms with Gasteiger partial charge in [-0.3, -0.25) is 0 Å². The molecule has 4 heteroatoms. The first-order valence-corrected chi connectivity index (χ1v) is 7.78. The molecule has 0 aliphatic heterocycles. The van der Waals surface area contributed by atoms with Crippen LogP contribution in [0.4, 0.5) is 0 Å². The predicted molar refractivity (Wildman–Crippen MR) is 69.9 cm³/mol. The zero-order chi connectivity index (χ0) is 12.6. The molecule has 0 fully saturated rings. The topological polar surface area (TPSA) is 43.4 Å². The van der Waals surface area contributed by atoms with Crippen molar-refractivity contribution in [2.24, 2.45) is 0 Å². The van der Waals surface area contributed by atoms with Crippen molar-refractivity contribution in [1.29, 1.82) is 0 Å². The molecule has 0 saturated carbocycles. The van der Waals surface area contributed by atoms with Gasteiger partial charge in [-0.15, -0.1) is 0 Å². The van der Waals surface area contributed by atoms with E-state index in [0.29, 0.717) is 19.6 Å². The molecular formula is C13H20O3S. The van der Waals surface area contributed by atoms with Crippen LogP contribution in [0, 0.1) is 0 Å². The van der Waals surface area contributed by atoms with Gasteiger partial charge in [0.25, 0.3) is 0 Å². The number of rotatable bonds is 8. The van der Waals surface area contributed by atoms with Crippen LogP contribution < -0.4 is 0 Å². The van der Waals surface area contributed by atoms with E-state index in [-0.39, 0.29) is 11.5 Å². The van der Waals surface area contributed by atoms with Crippen LogP contribution in [0.2, 0.25) is 0 Å². The van der Waals surface area contributed by atoms with Crippen LogP contribution in [0.25, 0.3) is 0 Å². The van der Waals surface area contributed by atoms with Crippen LogP contribution in [0.1, 0.15) is 18.9 Å². The van der Waals surface area contributed by atoms with E-state index in [1.807, 2.05) is 37.3 Å². The van der Waals surface area contributed by atoms with E-state index in [1.165, 1.54) is 5.56 Å². The van der Waals surface area contributed by atoms with Gasteiger partial charge in [0, 0.05) is 6.61 Å². The van der Waals surface area contributed by atoms with E-state index in [0.717, 1.165) is 6.42 Å². The highest BCUT2D eigenvalue weighted by Crippen LogP contribution is 2.04. The first kappa shape index (κ1) is 14.2. The van der Waals surface area contributed by atoms with Crippen molar-refractivity contribution in [3.63, 3.8) is 0 Å². The van der Waals surface area contributed by atoms with Crippen molar-refractivity contribution in [1.82, 2.24) is 0 Å². The Morgan fingerprint density at radius 3 is 2.47 bits per heavy atom. The summed E-state index contributed by atoms with van der Waals surface area (Å²) in [7, 11) is -2.95. The highest BCUT2D eigenvalue weighted by molar-refractivity contribution is 7.91. The monoisotopic (exact) mass is 256 g/mol. The van der Waals surface area contributed by atoms with Gasteiger partial charge in [0.2, 0.25) is 0 Å². The lowest BCUT2D eigenvalue weighted by Crippen LogP contribution is -2.16. The standard InChI is InChI=1S/C13H20O3S/c1-2-16-10-12-17(14,15)11-6-9-13-7-4-3-5-8-13/h3-5,7-8H,2,6,9-12H2,1H3. The molecule has 0 spiro atoms. The zero-order valence-electron chi connectivity index (χ0n) is 10.3. The number of hydrogen-bond acceptors (Lipinski definition) is 3. The third-order valence-electron chi connectivity index (χ3n) is 2.51. The maximum Gasteiger partial charge on any atom is 0.152 e. The SMILES string of the molecule is CCOCCS(=O)(=O)CCCc1ccccc1. The van der Waals surface area contributed by atoms with E-state index in [2.05, 4.69) is 0 Å². The Balaban J connectivity index is 2.26. The molecule has 0 aliphatic rings. The molecule has 0 unspecified atom stereocenters. The number of ether oxygens (including phenoxy) is 1. The molecule has 0 bridgehead atoms. The molecule has 96 valence electrons.